The molecule has 0 aliphatic carbocycles. The normalized spacial score (nSPS) is 15.5. The summed E-state index contributed by atoms with van der Waals surface area (Å²) in [6, 6.07) is 0. The Hall–Kier alpha value is 0.300. The van der Waals surface area contributed by atoms with Gasteiger partial charge in [0.05, 0.1) is 10.3 Å². The molecule has 0 aliphatic heterocycles. The molecule has 0 heterocycles. The van der Waals surface area contributed by atoms with Gasteiger partial charge < -0.3 is 19.6 Å². The Labute approximate surface area is 89.0 Å². The first kappa shape index (κ1) is 15.3. The van der Waals surface area contributed by atoms with E-state index in [2.05, 4.69) is 0 Å². The summed E-state index contributed by atoms with van der Waals surface area (Å²) in [6.45, 7) is 5.19. The van der Waals surface area contributed by atoms with E-state index in [1.807, 2.05) is 0 Å². The second-order valence-corrected chi connectivity index (χ2v) is 9.49. The highest BCUT2D eigenvalue weighted by atomic mass is 31.2. The summed E-state index contributed by atoms with van der Waals surface area (Å²) in [7, 11) is -8.76. The second-order valence-electron chi connectivity index (χ2n) is 4.89. The van der Waals surface area contributed by atoms with Crippen molar-refractivity contribution in [3.63, 3.8) is 0 Å². The van der Waals surface area contributed by atoms with Crippen LogP contribution in [0.1, 0.15) is 34.1 Å². The molecule has 8 heteroatoms. The topological polar surface area (TPSA) is 115 Å². The zero-order valence-electron chi connectivity index (χ0n) is 9.21. The fourth-order valence-corrected chi connectivity index (χ4v) is 2.59. The first-order chi connectivity index (χ1) is 6.21. The van der Waals surface area contributed by atoms with Gasteiger partial charge in [-0.1, -0.05) is 0 Å². The summed E-state index contributed by atoms with van der Waals surface area (Å²) in [4.78, 5) is 36.1. The minimum Gasteiger partial charge on any atom is -0.324 e. The summed E-state index contributed by atoms with van der Waals surface area (Å²) in [6.07, 6.45) is -0.255. The van der Waals surface area contributed by atoms with Crippen molar-refractivity contribution in [2.24, 2.45) is 0 Å². The number of hydrogen-bond donors (Lipinski definition) is 4. The number of hydrogen-bond acceptors (Lipinski definition) is 2. The summed E-state index contributed by atoms with van der Waals surface area (Å²) >= 11 is 0. The van der Waals surface area contributed by atoms with Gasteiger partial charge in [-0.15, -0.1) is 0 Å². The zero-order valence-corrected chi connectivity index (χ0v) is 11.0. The SMILES string of the molecule is CC(C)(CC(C)(C)P(=O)(O)O)P(=O)(O)O. The maximum absolute atomic E-state index is 11.1. The van der Waals surface area contributed by atoms with Crippen molar-refractivity contribution in [3.8, 4) is 0 Å². The van der Waals surface area contributed by atoms with Crippen LogP contribution in [0, 0.1) is 0 Å². The maximum atomic E-state index is 11.1. The Balaban J connectivity index is 5.07. The van der Waals surface area contributed by atoms with Gasteiger partial charge in [0, 0.05) is 0 Å². The van der Waals surface area contributed by atoms with E-state index in [1.165, 1.54) is 27.7 Å². The van der Waals surface area contributed by atoms with Gasteiger partial charge in [-0.2, -0.15) is 0 Å². The molecule has 0 fully saturated rings. The maximum Gasteiger partial charge on any atom is 0.331 e. The highest BCUT2D eigenvalue weighted by Crippen LogP contribution is 2.60. The van der Waals surface area contributed by atoms with Gasteiger partial charge in [0.25, 0.3) is 0 Å². The van der Waals surface area contributed by atoms with Gasteiger partial charge in [0.1, 0.15) is 0 Å². The molecule has 0 aromatic heterocycles. The van der Waals surface area contributed by atoms with Gasteiger partial charge in [0.2, 0.25) is 0 Å². The molecule has 0 spiro atoms. The molecule has 4 N–H and O–H groups in total. The molecule has 0 saturated heterocycles. The molecule has 0 aromatic carbocycles. The summed E-state index contributed by atoms with van der Waals surface area (Å²) in [5.41, 5.74) is 0. The Kier molecular flexibility index (Phi) is 4.03. The Morgan fingerprint density at radius 1 is 0.800 bits per heavy atom. The highest BCUT2D eigenvalue weighted by Gasteiger charge is 2.48. The Morgan fingerprint density at radius 3 is 1.13 bits per heavy atom. The lowest BCUT2D eigenvalue weighted by molar-refractivity contribution is 0.295. The summed E-state index contributed by atoms with van der Waals surface area (Å²) < 4.78 is 22.2. The summed E-state index contributed by atoms with van der Waals surface area (Å²) in [5.74, 6) is 0. The van der Waals surface area contributed by atoms with E-state index in [1.54, 1.807) is 0 Å². The van der Waals surface area contributed by atoms with E-state index in [0.717, 1.165) is 0 Å². The van der Waals surface area contributed by atoms with E-state index in [4.69, 9.17) is 19.6 Å². The third-order valence-electron chi connectivity index (χ3n) is 2.44. The van der Waals surface area contributed by atoms with Gasteiger partial charge in [-0.3, -0.25) is 9.13 Å². The predicted molar refractivity (Wildman–Crippen MR) is 56.9 cm³/mol. The van der Waals surface area contributed by atoms with Crippen LogP contribution >= 0.6 is 15.2 Å². The van der Waals surface area contributed by atoms with Gasteiger partial charge in [-0.05, 0) is 34.1 Å². The van der Waals surface area contributed by atoms with Crippen molar-refractivity contribution in [2.45, 2.75) is 44.4 Å². The molecule has 0 radical (unpaired) electrons. The highest BCUT2D eigenvalue weighted by molar-refractivity contribution is 7.54. The van der Waals surface area contributed by atoms with Gasteiger partial charge >= 0.3 is 15.2 Å². The first-order valence-corrected chi connectivity index (χ1v) is 7.54. The van der Waals surface area contributed by atoms with Crippen LogP contribution in [0.5, 0.6) is 0 Å². The van der Waals surface area contributed by atoms with Crippen LogP contribution in [0.3, 0.4) is 0 Å². The molecule has 0 unspecified atom stereocenters. The molecule has 6 nitrogen and oxygen atoms in total. The van der Waals surface area contributed by atoms with Crippen molar-refractivity contribution >= 4 is 15.2 Å². The van der Waals surface area contributed by atoms with Crippen molar-refractivity contribution < 1.29 is 28.7 Å². The van der Waals surface area contributed by atoms with Crippen LogP contribution in [0.25, 0.3) is 0 Å². The van der Waals surface area contributed by atoms with E-state index in [9.17, 15) is 9.13 Å². The Bertz CT molecular complexity index is 290. The average Bonchev–Trinajstić information content (AvgIpc) is 1.77. The quantitative estimate of drug-likeness (QED) is 0.566. The minimum absolute atomic E-state index is 0.255. The molecule has 0 saturated carbocycles. The lowest BCUT2D eigenvalue weighted by Gasteiger charge is -2.35. The zero-order chi connectivity index (χ0) is 12.7. The molecule has 15 heavy (non-hydrogen) atoms. The third-order valence-corrected chi connectivity index (χ3v) is 5.91. The molecule has 0 rings (SSSR count). The van der Waals surface area contributed by atoms with Gasteiger partial charge in [-0.25, -0.2) is 0 Å². The average molecular weight is 260 g/mol. The van der Waals surface area contributed by atoms with E-state index in [0.29, 0.717) is 0 Å². The molecule has 0 atom stereocenters. The molecule has 0 amide bonds. The van der Waals surface area contributed by atoms with Crippen molar-refractivity contribution in [1.29, 1.82) is 0 Å². The molecular formula is C7H18O6P2. The monoisotopic (exact) mass is 260 g/mol. The van der Waals surface area contributed by atoms with Crippen LogP contribution in [0.2, 0.25) is 0 Å². The van der Waals surface area contributed by atoms with Crippen molar-refractivity contribution in [2.75, 3.05) is 0 Å². The first-order valence-electron chi connectivity index (χ1n) is 4.32. The van der Waals surface area contributed by atoms with E-state index < -0.39 is 25.5 Å². The third kappa shape index (κ3) is 3.66. The lowest BCUT2D eigenvalue weighted by Crippen LogP contribution is -2.33. The molecule has 92 valence electrons. The smallest absolute Gasteiger partial charge is 0.324 e. The molecule has 0 aliphatic rings. The van der Waals surface area contributed by atoms with Crippen LogP contribution in [0.15, 0.2) is 0 Å². The minimum atomic E-state index is -4.38. The molecule has 0 bridgehead atoms. The van der Waals surface area contributed by atoms with Crippen molar-refractivity contribution in [1.82, 2.24) is 0 Å². The lowest BCUT2D eigenvalue weighted by atomic mass is 9.99. The van der Waals surface area contributed by atoms with Crippen LogP contribution < -0.4 is 0 Å². The van der Waals surface area contributed by atoms with Gasteiger partial charge in [0.15, 0.2) is 0 Å². The second kappa shape index (κ2) is 3.95. The molecular weight excluding hydrogens is 242 g/mol. The predicted octanol–water partition coefficient (Wildman–Crippen LogP) is 1.29. The van der Waals surface area contributed by atoms with E-state index in [-0.39, 0.29) is 6.42 Å². The standard InChI is InChI=1S/C7H18O6P2/c1-6(2,14(8,9)10)5-7(3,4)15(11,12)13/h5H2,1-4H3,(H2,8,9,10)(H2,11,12,13). The number of rotatable bonds is 4. The van der Waals surface area contributed by atoms with E-state index >= 15 is 0 Å². The largest absolute Gasteiger partial charge is 0.331 e. The van der Waals surface area contributed by atoms with Crippen molar-refractivity contribution in [3.05, 3.63) is 0 Å². The summed E-state index contributed by atoms with van der Waals surface area (Å²) in [5, 5.41) is -2.89. The fourth-order valence-electron chi connectivity index (χ4n) is 1.26. The van der Waals surface area contributed by atoms with Crippen LogP contribution in [-0.2, 0) is 9.13 Å². The van der Waals surface area contributed by atoms with Crippen LogP contribution in [-0.4, -0.2) is 29.9 Å². The fraction of sp³-hybridized carbons (Fsp3) is 1.00. The Morgan fingerprint density at radius 2 is 1.00 bits per heavy atom. The van der Waals surface area contributed by atoms with Crippen LogP contribution in [0.4, 0.5) is 0 Å². The molecule has 0 aromatic rings.